The van der Waals surface area contributed by atoms with Crippen molar-refractivity contribution >= 4 is 23.2 Å². The maximum absolute atomic E-state index is 9.47. The van der Waals surface area contributed by atoms with Crippen molar-refractivity contribution in [2.75, 3.05) is 0 Å². The van der Waals surface area contributed by atoms with Gasteiger partial charge in [-0.2, -0.15) is 0 Å². The van der Waals surface area contributed by atoms with Gasteiger partial charge in [0.2, 0.25) is 0 Å². The van der Waals surface area contributed by atoms with Gasteiger partial charge in [0.15, 0.2) is 0 Å². The van der Waals surface area contributed by atoms with Gasteiger partial charge in [-0.1, -0.05) is 59.8 Å². The third-order valence-corrected chi connectivity index (χ3v) is 2.67. The molecule has 1 aromatic carbocycles. The smallest absolute Gasteiger partial charge is 0.0833 e. The minimum absolute atomic E-state index is 0.366. The number of aliphatic hydroxyl groups is 1. The quantitative estimate of drug-likeness (QED) is 0.651. The molecule has 0 fully saturated rings. The van der Waals surface area contributed by atoms with Crippen LogP contribution in [0.1, 0.15) is 12.0 Å². The normalized spacial score (nSPS) is 11.9. The molecule has 0 heterocycles. The van der Waals surface area contributed by atoms with Gasteiger partial charge >= 0.3 is 0 Å². The first-order chi connectivity index (χ1) is 8.13. The zero-order chi connectivity index (χ0) is 12.7. The van der Waals surface area contributed by atoms with Crippen molar-refractivity contribution in [3.05, 3.63) is 58.6 Å². The van der Waals surface area contributed by atoms with Crippen molar-refractivity contribution in [3.8, 4) is 11.8 Å². The SMILES string of the molecule is C=CC=CC(O)CC#Cc1ccc(Cl)c(Cl)c1. The van der Waals surface area contributed by atoms with Gasteiger partial charge in [0, 0.05) is 12.0 Å². The summed E-state index contributed by atoms with van der Waals surface area (Å²) in [5, 5.41) is 10.5. The van der Waals surface area contributed by atoms with Gasteiger partial charge in [-0.15, -0.1) is 0 Å². The first kappa shape index (κ1) is 13.9. The van der Waals surface area contributed by atoms with Crippen molar-refractivity contribution < 1.29 is 5.11 Å². The highest BCUT2D eigenvalue weighted by Gasteiger charge is 1.97. The van der Waals surface area contributed by atoms with Crippen molar-refractivity contribution in [1.82, 2.24) is 0 Å². The summed E-state index contributed by atoms with van der Waals surface area (Å²) in [6.07, 6.45) is 4.71. The number of rotatable bonds is 3. The molecule has 3 heteroatoms. The average molecular weight is 267 g/mol. The lowest BCUT2D eigenvalue weighted by molar-refractivity contribution is 0.229. The molecule has 0 radical (unpaired) electrons. The fourth-order valence-electron chi connectivity index (χ4n) is 1.11. The largest absolute Gasteiger partial charge is 0.388 e. The number of hydrogen-bond donors (Lipinski definition) is 1. The molecule has 88 valence electrons. The molecule has 0 aliphatic heterocycles. The number of allylic oxidation sites excluding steroid dienone is 2. The van der Waals surface area contributed by atoms with E-state index >= 15 is 0 Å². The number of hydrogen-bond acceptors (Lipinski definition) is 1. The maximum Gasteiger partial charge on any atom is 0.0833 e. The fraction of sp³-hybridized carbons (Fsp3) is 0.143. The molecular weight excluding hydrogens is 255 g/mol. The summed E-state index contributed by atoms with van der Waals surface area (Å²) >= 11 is 11.6. The van der Waals surface area contributed by atoms with E-state index in [2.05, 4.69) is 18.4 Å². The minimum atomic E-state index is -0.580. The van der Waals surface area contributed by atoms with Crippen LogP contribution in [-0.4, -0.2) is 11.2 Å². The second-order valence-corrected chi connectivity index (χ2v) is 4.14. The van der Waals surface area contributed by atoms with Crippen LogP contribution in [0.3, 0.4) is 0 Å². The average Bonchev–Trinajstić information content (AvgIpc) is 2.31. The second-order valence-electron chi connectivity index (χ2n) is 3.32. The van der Waals surface area contributed by atoms with Gasteiger partial charge in [0.1, 0.15) is 0 Å². The van der Waals surface area contributed by atoms with Crippen LogP contribution in [0.15, 0.2) is 43.0 Å². The molecule has 0 saturated heterocycles. The zero-order valence-electron chi connectivity index (χ0n) is 9.16. The van der Waals surface area contributed by atoms with E-state index in [1.54, 1.807) is 36.4 Å². The van der Waals surface area contributed by atoms with Crippen LogP contribution in [0, 0.1) is 11.8 Å². The number of aliphatic hydroxyl groups excluding tert-OH is 1. The summed E-state index contributed by atoms with van der Waals surface area (Å²) in [5.41, 5.74) is 0.777. The summed E-state index contributed by atoms with van der Waals surface area (Å²) in [7, 11) is 0. The zero-order valence-corrected chi connectivity index (χ0v) is 10.7. The van der Waals surface area contributed by atoms with Crippen LogP contribution in [0.25, 0.3) is 0 Å². The van der Waals surface area contributed by atoms with Crippen molar-refractivity contribution in [1.29, 1.82) is 0 Å². The predicted octanol–water partition coefficient (Wildman–Crippen LogP) is 3.84. The molecule has 0 saturated carbocycles. The Morgan fingerprint density at radius 2 is 2.12 bits per heavy atom. The van der Waals surface area contributed by atoms with Crippen LogP contribution in [0.2, 0.25) is 10.0 Å². The Bertz CT molecular complexity index is 481. The Morgan fingerprint density at radius 3 is 2.76 bits per heavy atom. The van der Waals surface area contributed by atoms with E-state index < -0.39 is 6.10 Å². The molecule has 17 heavy (non-hydrogen) atoms. The lowest BCUT2D eigenvalue weighted by Gasteiger charge is -1.97. The second kappa shape index (κ2) is 7.19. The molecule has 1 atom stereocenters. The minimum Gasteiger partial charge on any atom is -0.388 e. The molecule has 1 nitrogen and oxygen atoms in total. The Morgan fingerprint density at radius 1 is 1.35 bits per heavy atom. The van der Waals surface area contributed by atoms with Crippen LogP contribution in [-0.2, 0) is 0 Å². The van der Waals surface area contributed by atoms with E-state index in [0.29, 0.717) is 16.5 Å². The summed E-state index contributed by atoms with van der Waals surface area (Å²) in [4.78, 5) is 0. The first-order valence-corrected chi connectivity index (χ1v) is 5.80. The summed E-state index contributed by atoms with van der Waals surface area (Å²) < 4.78 is 0. The van der Waals surface area contributed by atoms with Crippen LogP contribution >= 0.6 is 23.2 Å². The van der Waals surface area contributed by atoms with E-state index in [9.17, 15) is 5.11 Å². The molecular formula is C14H12Cl2O. The summed E-state index contributed by atoms with van der Waals surface area (Å²) in [6, 6.07) is 5.18. The molecule has 0 aromatic heterocycles. The summed E-state index contributed by atoms with van der Waals surface area (Å²) in [5.74, 6) is 5.78. The van der Waals surface area contributed by atoms with Crippen LogP contribution in [0.5, 0.6) is 0 Å². The molecule has 1 aromatic rings. The van der Waals surface area contributed by atoms with E-state index in [0.717, 1.165) is 5.56 Å². The van der Waals surface area contributed by atoms with Crippen LogP contribution in [0.4, 0.5) is 0 Å². The molecule has 1 N–H and O–H groups in total. The standard InChI is InChI=1S/C14H12Cl2O/c1-2-3-6-12(17)7-4-5-11-8-9-13(15)14(16)10-11/h2-3,6,8-10,12,17H,1,7H2. The Balaban J connectivity index is 2.62. The molecule has 0 aliphatic carbocycles. The first-order valence-electron chi connectivity index (χ1n) is 5.04. The Kier molecular flexibility index (Phi) is 5.86. The van der Waals surface area contributed by atoms with E-state index in [1.807, 2.05) is 0 Å². The Labute approximate surface area is 111 Å². The third-order valence-electron chi connectivity index (χ3n) is 1.93. The number of halogens is 2. The number of benzene rings is 1. The molecule has 1 unspecified atom stereocenters. The molecule has 0 amide bonds. The van der Waals surface area contributed by atoms with Crippen molar-refractivity contribution in [2.24, 2.45) is 0 Å². The Hall–Kier alpha value is -1.20. The topological polar surface area (TPSA) is 20.2 Å². The van der Waals surface area contributed by atoms with E-state index in [-0.39, 0.29) is 0 Å². The lowest BCUT2D eigenvalue weighted by Crippen LogP contribution is -1.99. The monoisotopic (exact) mass is 266 g/mol. The third kappa shape index (κ3) is 5.10. The maximum atomic E-state index is 9.47. The summed E-state index contributed by atoms with van der Waals surface area (Å²) in [6.45, 7) is 3.52. The van der Waals surface area contributed by atoms with Gasteiger partial charge < -0.3 is 5.11 Å². The molecule has 1 rings (SSSR count). The van der Waals surface area contributed by atoms with Gasteiger partial charge in [0.25, 0.3) is 0 Å². The lowest BCUT2D eigenvalue weighted by atomic mass is 10.2. The van der Waals surface area contributed by atoms with Gasteiger partial charge in [0.05, 0.1) is 16.1 Å². The predicted molar refractivity (Wildman–Crippen MR) is 73.3 cm³/mol. The molecule has 0 aliphatic rings. The van der Waals surface area contributed by atoms with E-state index in [4.69, 9.17) is 23.2 Å². The van der Waals surface area contributed by atoms with Crippen molar-refractivity contribution in [3.63, 3.8) is 0 Å². The highest BCUT2D eigenvalue weighted by Crippen LogP contribution is 2.22. The van der Waals surface area contributed by atoms with Crippen LogP contribution < -0.4 is 0 Å². The highest BCUT2D eigenvalue weighted by atomic mass is 35.5. The van der Waals surface area contributed by atoms with E-state index in [1.165, 1.54) is 0 Å². The highest BCUT2D eigenvalue weighted by molar-refractivity contribution is 6.42. The van der Waals surface area contributed by atoms with Gasteiger partial charge in [-0.05, 0) is 18.2 Å². The van der Waals surface area contributed by atoms with Crippen molar-refractivity contribution in [2.45, 2.75) is 12.5 Å². The molecule has 0 bridgehead atoms. The van der Waals surface area contributed by atoms with Gasteiger partial charge in [-0.25, -0.2) is 0 Å². The van der Waals surface area contributed by atoms with Gasteiger partial charge in [-0.3, -0.25) is 0 Å². The fourth-order valence-corrected chi connectivity index (χ4v) is 1.40. The molecule has 0 spiro atoms.